The highest BCUT2D eigenvalue weighted by Crippen LogP contribution is 2.15. The molecular formula is C9H11N5. The second-order valence-corrected chi connectivity index (χ2v) is 2.97. The maximum atomic E-state index is 5.94. The summed E-state index contributed by atoms with van der Waals surface area (Å²) in [6.45, 7) is 0. The summed E-state index contributed by atoms with van der Waals surface area (Å²) in [6.07, 6.45) is 0. The Morgan fingerprint density at radius 1 is 1.21 bits per heavy atom. The van der Waals surface area contributed by atoms with Crippen LogP contribution in [0.2, 0.25) is 0 Å². The Labute approximate surface area is 81.2 Å². The summed E-state index contributed by atoms with van der Waals surface area (Å²) in [5.74, 6) is 0.792. The Bertz CT molecular complexity index is 408. The molecule has 0 spiro atoms. The van der Waals surface area contributed by atoms with Gasteiger partial charge >= 0.3 is 0 Å². The van der Waals surface area contributed by atoms with Gasteiger partial charge in [-0.2, -0.15) is 4.98 Å². The minimum Gasteiger partial charge on any atom is -0.367 e. The minimum atomic E-state index is -0.305. The molecule has 0 radical (unpaired) electrons. The van der Waals surface area contributed by atoms with Gasteiger partial charge in [-0.3, -0.25) is 5.10 Å². The number of hydrogen-bond acceptors (Lipinski definition) is 4. The molecule has 0 bridgehead atoms. The lowest BCUT2D eigenvalue weighted by molar-refractivity contribution is 0.787. The summed E-state index contributed by atoms with van der Waals surface area (Å²) in [6, 6.07) is 9.35. The van der Waals surface area contributed by atoms with Crippen LogP contribution >= 0.6 is 0 Å². The van der Waals surface area contributed by atoms with Crippen molar-refractivity contribution in [2.75, 3.05) is 5.73 Å². The average Bonchev–Trinajstić information content (AvgIpc) is 2.65. The lowest BCUT2D eigenvalue weighted by atomic mass is 10.1. The summed E-state index contributed by atoms with van der Waals surface area (Å²) >= 11 is 0. The number of H-pyrrole nitrogens is 1. The number of anilines is 1. The Morgan fingerprint density at radius 3 is 2.50 bits per heavy atom. The van der Waals surface area contributed by atoms with Gasteiger partial charge in [-0.25, -0.2) is 0 Å². The van der Waals surface area contributed by atoms with E-state index in [2.05, 4.69) is 15.2 Å². The van der Waals surface area contributed by atoms with Gasteiger partial charge in [0.1, 0.15) is 5.82 Å². The summed E-state index contributed by atoms with van der Waals surface area (Å²) in [5.41, 5.74) is 12.3. The van der Waals surface area contributed by atoms with Crippen LogP contribution in [0.3, 0.4) is 0 Å². The molecule has 0 amide bonds. The van der Waals surface area contributed by atoms with Crippen LogP contribution in [0.25, 0.3) is 0 Å². The maximum absolute atomic E-state index is 5.94. The van der Waals surface area contributed by atoms with Crippen LogP contribution in [0.4, 0.5) is 5.95 Å². The van der Waals surface area contributed by atoms with Gasteiger partial charge in [-0.05, 0) is 5.56 Å². The number of aromatic amines is 1. The first-order valence-electron chi connectivity index (χ1n) is 4.25. The zero-order valence-electron chi connectivity index (χ0n) is 7.51. The number of rotatable bonds is 2. The highest BCUT2D eigenvalue weighted by Gasteiger charge is 2.11. The molecule has 14 heavy (non-hydrogen) atoms. The summed E-state index contributed by atoms with van der Waals surface area (Å²) in [4.78, 5) is 3.97. The predicted octanol–water partition coefficient (Wildman–Crippen LogP) is 0.435. The van der Waals surface area contributed by atoms with E-state index in [-0.39, 0.29) is 12.0 Å². The van der Waals surface area contributed by atoms with E-state index in [1.165, 1.54) is 0 Å². The molecule has 2 rings (SSSR count). The number of nitrogens with two attached hydrogens (primary N) is 2. The van der Waals surface area contributed by atoms with Crippen molar-refractivity contribution in [3.8, 4) is 0 Å². The zero-order valence-corrected chi connectivity index (χ0v) is 7.51. The largest absolute Gasteiger partial charge is 0.367 e. The van der Waals surface area contributed by atoms with Crippen molar-refractivity contribution in [1.82, 2.24) is 15.2 Å². The van der Waals surface area contributed by atoms with Crippen molar-refractivity contribution in [2.45, 2.75) is 6.04 Å². The fraction of sp³-hybridized carbons (Fsp3) is 0.111. The third kappa shape index (κ3) is 1.57. The molecule has 1 aromatic heterocycles. The SMILES string of the molecule is Nc1n[nH]c(C(N)c2ccccc2)n1. The molecule has 1 atom stereocenters. The average molecular weight is 189 g/mol. The normalized spacial score (nSPS) is 12.6. The van der Waals surface area contributed by atoms with Crippen LogP contribution in [0.15, 0.2) is 30.3 Å². The van der Waals surface area contributed by atoms with Crippen molar-refractivity contribution < 1.29 is 0 Å². The van der Waals surface area contributed by atoms with Gasteiger partial charge in [0, 0.05) is 0 Å². The minimum absolute atomic E-state index is 0.214. The number of nitrogen functional groups attached to an aromatic ring is 1. The van der Waals surface area contributed by atoms with Gasteiger partial charge in [-0.1, -0.05) is 30.3 Å². The lowest BCUT2D eigenvalue weighted by Gasteiger charge is -2.07. The molecule has 0 saturated heterocycles. The van der Waals surface area contributed by atoms with E-state index >= 15 is 0 Å². The second-order valence-electron chi connectivity index (χ2n) is 2.97. The van der Waals surface area contributed by atoms with Crippen LogP contribution < -0.4 is 11.5 Å². The van der Waals surface area contributed by atoms with Crippen LogP contribution in [0, 0.1) is 0 Å². The third-order valence-electron chi connectivity index (χ3n) is 1.97. The van der Waals surface area contributed by atoms with E-state index < -0.39 is 0 Å². The fourth-order valence-electron chi connectivity index (χ4n) is 1.25. The molecule has 0 aliphatic heterocycles. The van der Waals surface area contributed by atoms with Gasteiger partial charge in [0.15, 0.2) is 0 Å². The van der Waals surface area contributed by atoms with Crippen LogP contribution in [-0.4, -0.2) is 15.2 Å². The maximum Gasteiger partial charge on any atom is 0.239 e. The molecular weight excluding hydrogens is 178 g/mol. The van der Waals surface area contributed by atoms with Gasteiger partial charge in [0.25, 0.3) is 0 Å². The van der Waals surface area contributed by atoms with Crippen molar-refractivity contribution in [3.63, 3.8) is 0 Å². The molecule has 0 saturated carbocycles. The molecule has 72 valence electrons. The van der Waals surface area contributed by atoms with Gasteiger partial charge in [0.2, 0.25) is 5.95 Å². The topological polar surface area (TPSA) is 93.6 Å². The zero-order chi connectivity index (χ0) is 9.97. The van der Waals surface area contributed by atoms with E-state index in [9.17, 15) is 0 Å². The van der Waals surface area contributed by atoms with Crippen molar-refractivity contribution in [2.24, 2.45) is 5.73 Å². The molecule has 1 unspecified atom stereocenters. The van der Waals surface area contributed by atoms with Gasteiger partial charge in [0.05, 0.1) is 6.04 Å². The van der Waals surface area contributed by atoms with Crippen molar-refractivity contribution >= 4 is 5.95 Å². The Morgan fingerprint density at radius 2 is 1.93 bits per heavy atom. The van der Waals surface area contributed by atoms with E-state index in [1.807, 2.05) is 30.3 Å². The number of nitrogens with one attached hydrogen (secondary N) is 1. The first-order chi connectivity index (χ1) is 6.77. The number of aromatic nitrogens is 3. The molecule has 0 fully saturated rings. The standard InChI is InChI=1S/C9H11N5/c10-7(6-4-2-1-3-5-6)8-12-9(11)14-13-8/h1-5,7H,10H2,(H3,11,12,13,14). The molecule has 1 heterocycles. The number of benzene rings is 1. The summed E-state index contributed by atoms with van der Waals surface area (Å²) < 4.78 is 0. The predicted molar refractivity (Wildman–Crippen MR) is 53.3 cm³/mol. The quantitative estimate of drug-likeness (QED) is 0.638. The van der Waals surface area contributed by atoms with E-state index in [1.54, 1.807) is 0 Å². The Hall–Kier alpha value is -1.88. The van der Waals surface area contributed by atoms with Crippen molar-refractivity contribution in [3.05, 3.63) is 41.7 Å². The Balaban J connectivity index is 2.29. The molecule has 5 heteroatoms. The van der Waals surface area contributed by atoms with Crippen LogP contribution in [-0.2, 0) is 0 Å². The van der Waals surface area contributed by atoms with E-state index in [0.717, 1.165) is 5.56 Å². The fourth-order valence-corrected chi connectivity index (χ4v) is 1.25. The van der Waals surface area contributed by atoms with Crippen LogP contribution in [0.5, 0.6) is 0 Å². The molecule has 2 aromatic rings. The monoisotopic (exact) mass is 189 g/mol. The lowest BCUT2D eigenvalue weighted by Crippen LogP contribution is -2.13. The number of nitrogens with zero attached hydrogens (tertiary/aromatic N) is 2. The van der Waals surface area contributed by atoms with E-state index in [0.29, 0.717) is 5.82 Å². The van der Waals surface area contributed by atoms with E-state index in [4.69, 9.17) is 11.5 Å². The summed E-state index contributed by atoms with van der Waals surface area (Å²) in [7, 11) is 0. The smallest absolute Gasteiger partial charge is 0.239 e. The molecule has 5 N–H and O–H groups in total. The molecule has 1 aromatic carbocycles. The molecule has 5 nitrogen and oxygen atoms in total. The molecule has 0 aliphatic rings. The van der Waals surface area contributed by atoms with Gasteiger partial charge in [-0.15, -0.1) is 5.10 Å². The second kappa shape index (κ2) is 3.47. The summed E-state index contributed by atoms with van der Waals surface area (Å²) in [5, 5.41) is 6.42. The number of hydrogen-bond donors (Lipinski definition) is 3. The van der Waals surface area contributed by atoms with Gasteiger partial charge < -0.3 is 11.5 Å². The molecule has 0 aliphatic carbocycles. The Kier molecular flexibility index (Phi) is 2.16. The third-order valence-corrected chi connectivity index (χ3v) is 1.97. The first kappa shape index (κ1) is 8.71. The highest BCUT2D eigenvalue weighted by molar-refractivity contribution is 5.25. The first-order valence-corrected chi connectivity index (χ1v) is 4.25. The highest BCUT2D eigenvalue weighted by atomic mass is 15.3. The van der Waals surface area contributed by atoms with Crippen molar-refractivity contribution in [1.29, 1.82) is 0 Å². The van der Waals surface area contributed by atoms with Crippen LogP contribution in [0.1, 0.15) is 17.4 Å².